The molecule has 0 amide bonds. The van der Waals surface area contributed by atoms with Gasteiger partial charge in [0.05, 0.1) is 16.5 Å². The molecule has 3 heterocycles. The molecular formula is C28H29Cl2N5O4S. The first-order chi connectivity index (χ1) is 19.2. The summed E-state index contributed by atoms with van der Waals surface area (Å²) >= 11 is 12.6. The lowest BCUT2D eigenvalue weighted by atomic mass is 9.98. The van der Waals surface area contributed by atoms with Crippen molar-refractivity contribution in [3.63, 3.8) is 0 Å². The fourth-order valence-electron chi connectivity index (χ4n) is 4.49. The van der Waals surface area contributed by atoms with Crippen LogP contribution in [-0.4, -0.2) is 55.0 Å². The Morgan fingerprint density at radius 3 is 2.65 bits per heavy atom. The van der Waals surface area contributed by atoms with E-state index in [4.69, 9.17) is 32.7 Å². The van der Waals surface area contributed by atoms with Crippen molar-refractivity contribution in [3.05, 3.63) is 76.2 Å². The molecule has 2 aromatic heterocycles. The van der Waals surface area contributed by atoms with Crippen molar-refractivity contribution in [2.45, 2.75) is 31.3 Å². The minimum absolute atomic E-state index is 0.00159. The van der Waals surface area contributed by atoms with E-state index in [0.717, 1.165) is 31.5 Å². The van der Waals surface area contributed by atoms with Crippen molar-refractivity contribution >= 4 is 50.1 Å². The summed E-state index contributed by atoms with van der Waals surface area (Å²) < 4.78 is 41.3. The number of halogens is 2. The lowest BCUT2D eigenvalue weighted by Crippen LogP contribution is -2.32. The predicted molar refractivity (Wildman–Crippen MR) is 156 cm³/mol. The molecule has 1 N–H and O–H groups in total. The average Bonchev–Trinajstić information content (AvgIpc) is 2.94. The van der Waals surface area contributed by atoms with Gasteiger partial charge in [0.2, 0.25) is 0 Å². The van der Waals surface area contributed by atoms with Crippen LogP contribution in [-0.2, 0) is 16.6 Å². The lowest BCUT2D eigenvalue weighted by molar-refractivity contribution is 0.160. The summed E-state index contributed by atoms with van der Waals surface area (Å²) in [6, 6.07) is 11.8. The normalized spacial score (nSPS) is 14.8. The number of benzene rings is 2. The van der Waals surface area contributed by atoms with Gasteiger partial charge in [-0.1, -0.05) is 35.3 Å². The fourth-order valence-corrected chi connectivity index (χ4v) is 6.17. The standard InChI is InChI=1S/C28H29Cl2N5O4S/c1-18-22(29)4-3-5-26(18)40(36,37)34-28-25(13-21-14-31-17-32-27(21)33-28)39-16-20-6-7-23(30)24(12-20)38-15-19-8-10-35(2)11-9-19/h3-7,12-14,17,19H,8-11,15-16H2,1-2H3,(H,31,32,33,34). The maximum atomic E-state index is 13.3. The van der Waals surface area contributed by atoms with Crippen LogP contribution in [0.4, 0.5) is 5.82 Å². The van der Waals surface area contributed by atoms with Crippen LogP contribution in [0, 0.1) is 12.8 Å². The largest absolute Gasteiger partial charge is 0.492 e. The van der Waals surface area contributed by atoms with Crippen molar-refractivity contribution < 1.29 is 17.9 Å². The molecule has 40 heavy (non-hydrogen) atoms. The molecule has 0 bridgehead atoms. The number of likely N-dealkylation sites (tertiary alicyclic amines) is 1. The Balaban J connectivity index is 1.37. The zero-order valence-corrected chi connectivity index (χ0v) is 24.4. The molecule has 1 aliphatic heterocycles. The van der Waals surface area contributed by atoms with Gasteiger partial charge in [-0.3, -0.25) is 4.72 Å². The summed E-state index contributed by atoms with van der Waals surface area (Å²) in [5.74, 6) is 1.29. The van der Waals surface area contributed by atoms with E-state index in [-0.39, 0.29) is 23.1 Å². The minimum atomic E-state index is -4.04. The first kappa shape index (κ1) is 28.4. The van der Waals surface area contributed by atoms with Crippen molar-refractivity contribution in [1.82, 2.24) is 19.9 Å². The number of pyridine rings is 1. The van der Waals surface area contributed by atoms with E-state index in [1.165, 1.54) is 12.4 Å². The van der Waals surface area contributed by atoms with Crippen LogP contribution < -0.4 is 14.2 Å². The summed E-state index contributed by atoms with van der Waals surface area (Å²) in [5, 5.41) is 1.46. The van der Waals surface area contributed by atoms with Crippen molar-refractivity contribution in [2.75, 3.05) is 31.5 Å². The number of nitrogens with one attached hydrogen (secondary N) is 1. The van der Waals surface area contributed by atoms with E-state index in [9.17, 15) is 8.42 Å². The van der Waals surface area contributed by atoms with E-state index in [1.807, 2.05) is 12.1 Å². The number of nitrogens with zero attached hydrogens (tertiary/aromatic N) is 4. The second-order valence-corrected chi connectivity index (χ2v) is 12.3. The van der Waals surface area contributed by atoms with Gasteiger partial charge < -0.3 is 14.4 Å². The Kier molecular flexibility index (Phi) is 8.60. The average molecular weight is 603 g/mol. The molecule has 0 unspecified atom stereocenters. The molecular weight excluding hydrogens is 573 g/mol. The molecule has 1 saturated heterocycles. The van der Waals surface area contributed by atoms with Crippen molar-refractivity contribution in [2.24, 2.45) is 5.92 Å². The van der Waals surface area contributed by atoms with Gasteiger partial charge in [0.15, 0.2) is 17.2 Å². The smallest absolute Gasteiger partial charge is 0.263 e. The highest BCUT2D eigenvalue weighted by molar-refractivity contribution is 7.92. The number of hydrogen-bond donors (Lipinski definition) is 1. The third-order valence-corrected chi connectivity index (χ3v) is 9.10. The topological polar surface area (TPSA) is 107 Å². The number of ether oxygens (including phenoxy) is 2. The number of anilines is 1. The minimum Gasteiger partial charge on any atom is -0.492 e. The summed E-state index contributed by atoms with van der Waals surface area (Å²) in [7, 11) is -1.91. The maximum Gasteiger partial charge on any atom is 0.263 e. The summed E-state index contributed by atoms with van der Waals surface area (Å²) in [6.07, 6.45) is 5.10. The quantitative estimate of drug-likeness (QED) is 0.259. The van der Waals surface area contributed by atoms with Gasteiger partial charge in [-0.15, -0.1) is 0 Å². The monoisotopic (exact) mass is 601 g/mol. The number of hydrogen-bond acceptors (Lipinski definition) is 8. The first-order valence-electron chi connectivity index (χ1n) is 12.8. The van der Waals surface area contributed by atoms with Gasteiger partial charge in [-0.2, -0.15) is 0 Å². The van der Waals surface area contributed by atoms with Crippen LogP contribution in [0.15, 0.2) is 59.9 Å². The number of piperidine rings is 1. The number of aromatic nitrogens is 3. The third-order valence-electron chi connectivity index (χ3n) is 6.90. The summed E-state index contributed by atoms with van der Waals surface area (Å²) in [5.41, 5.74) is 1.54. The number of fused-ring (bicyclic) bond motifs is 1. The van der Waals surface area contributed by atoms with Gasteiger partial charge in [0.25, 0.3) is 10.0 Å². The lowest BCUT2D eigenvalue weighted by Gasteiger charge is -2.28. The molecule has 0 aliphatic carbocycles. The molecule has 12 heteroatoms. The van der Waals surface area contributed by atoms with Crippen LogP contribution in [0.25, 0.3) is 11.0 Å². The van der Waals surface area contributed by atoms with Crippen LogP contribution in [0.3, 0.4) is 0 Å². The molecule has 1 fully saturated rings. The number of rotatable bonds is 9. The highest BCUT2D eigenvalue weighted by atomic mass is 35.5. The Bertz CT molecular complexity index is 1630. The van der Waals surface area contributed by atoms with Crippen LogP contribution >= 0.6 is 23.2 Å². The molecule has 0 saturated carbocycles. The Morgan fingerprint density at radius 1 is 1.05 bits per heavy atom. The fraction of sp³-hybridized carbons (Fsp3) is 0.321. The van der Waals surface area contributed by atoms with E-state index in [2.05, 4.69) is 31.6 Å². The van der Waals surface area contributed by atoms with Gasteiger partial charge in [0.1, 0.15) is 18.7 Å². The SMILES string of the molecule is Cc1c(Cl)cccc1S(=O)(=O)Nc1nc2ncncc2cc1OCc1ccc(Cl)c(OCC2CCN(C)CC2)c1. The molecule has 0 spiro atoms. The number of sulfonamides is 1. The molecule has 0 atom stereocenters. The Morgan fingerprint density at radius 2 is 1.85 bits per heavy atom. The Labute approximate surface area is 243 Å². The maximum absolute atomic E-state index is 13.3. The van der Waals surface area contributed by atoms with Crippen molar-refractivity contribution in [3.8, 4) is 11.5 Å². The van der Waals surface area contributed by atoms with E-state index < -0.39 is 10.0 Å². The third kappa shape index (κ3) is 6.58. The molecule has 210 valence electrons. The van der Waals surface area contributed by atoms with E-state index in [0.29, 0.717) is 44.9 Å². The van der Waals surface area contributed by atoms with Crippen molar-refractivity contribution in [1.29, 1.82) is 0 Å². The highest BCUT2D eigenvalue weighted by Crippen LogP contribution is 2.32. The zero-order chi connectivity index (χ0) is 28.3. The van der Waals surface area contributed by atoms with Crippen LogP contribution in [0.2, 0.25) is 10.0 Å². The van der Waals surface area contributed by atoms with E-state index >= 15 is 0 Å². The highest BCUT2D eigenvalue weighted by Gasteiger charge is 2.22. The Hall–Kier alpha value is -3.18. The molecule has 5 rings (SSSR count). The van der Waals surface area contributed by atoms with Gasteiger partial charge in [-0.25, -0.2) is 23.4 Å². The van der Waals surface area contributed by atoms with Crippen LogP contribution in [0.1, 0.15) is 24.0 Å². The summed E-state index contributed by atoms with van der Waals surface area (Å²) in [4.78, 5) is 15.0. The molecule has 1 aliphatic rings. The predicted octanol–water partition coefficient (Wildman–Crippen LogP) is 5.74. The second kappa shape index (κ2) is 12.1. The zero-order valence-electron chi connectivity index (χ0n) is 22.1. The van der Waals surface area contributed by atoms with Gasteiger partial charge in [0, 0.05) is 16.6 Å². The molecule has 0 radical (unpaired) electrons. The molecule has 4 aromatic rings. The van der Waals surface area contributed by atoms with Gasteiger partial charge >= 0.3 is 0 Å². The first-order valence-corrected chi connectivity index (χ1v) is 15.0. The summed E-state index contributed by atoms with van der Waals surface area (Å²) in [6.45, 7) is 4.48. The van der Waals surface area contributed by atoms with E-state index in [1.54, 1.807) is 37.4 Å². The van der Waals surface area contributed by atoms with Gasteiger partial charge in [-0.05, 0) is 87.3 Å². The molecule has 2 aromatic carbocycles. The molecule has 9 nitrogen and oxygen atoms in total. The second-order valence-electron chi connectivity index (χ2n) is 9.85. The van der Waals surface area contributed by atoms with Crippen LogP contribution in [0.5, 0.6) is 11.5 Å².